The number of imidazole rings is 1. The molecular weight excluding hydrogens is 256 g/mol. The van der Waals surface area contributed by atoms with E-state index in [4.69, 9.17) is 5.73 Å². The van der Waals surface area contributed by atoms with Gasteiger partial charge in [0.1, 0.15) is 5.69 Å². The number of nitrogen functional groups attached to an aromatic ring is 1. The van der Waals surface area contributed by atoms with Gasteiger partial charge in [0.15, 0.2) is 0 Å². The van der Waals surface area contributed by atoms with Crippen LogP contribution in [0.3, 0.4) is 0 Å². The highest BCUT2D eigenvalue weighted by Gasteiger charge is 2.18. The quantitative estimate of drug-likeness (QED) is 0.764. The fraction of sp³-hybridized carbons (Fsp3) is 0.462. The smallest absolute Gasteiger partial charge is 0.271 e. The van der Waals surface area contributed by atoms with Gasteiger partial charge in [-0.2, -0.15) is 5.10 Å². The molecule has 0 aliphatic rings. The Labute approximate surface area is 117 Å². The highest BCUT2D eigenvalue weighted by Crippen LogP contribution is 2.15. The lowest BCUT2D eigenvalue weighted by Crippen LogP contribution is -2.28. The van der Waals surface area contributed by atoms with Gasteiger partial charge in [-0.3, -0.25) is 9.48 Å². The molecule has 0 radical (unpaired) electrons. The Balaban J connectivity index is 1.88. The number of nitrogens with two attached hydrogens (primary N) is 1. The summed E-state index contributed by atoms with van der Waals surface area (Å²) >= 11 is 0. The van der Waals surface area contributed by atoms with E-state index in [0.29, 0.717) is 30.2 Å². The first-order valence-corrected chi connectivity index (χ1v) is 6.70. The molecule has 0 saturated carbocycles. The summed E-state index contributed by atoms with van der Waals surface area (Å²) in [5.41, 5.74) is 7.50. The molecule has 0 aliphatic carbocycles. The lowest BCUT2D eigenvalue weighted by atomic mass is 10.3. The van der Waals surface area contributed by atoms with Crippen molar-refractivity contribution in [3.05, 3.63) is 30.1 Å². The maximum absolute atomic E-state index is 12.1. The molecular formula is C13H20N6O. The van der Waals surface area contributed by atoms with Gasteiger partial charge >= 0.3 is 0 Å². The summed E-state index contributed by atoms with van der Waals surface area (Å²) in [6.07, 6.45) is 6.23. The van der Waals surface area contributed by atoms with E-state index >= 15 is 0 Å². The van der Waals surface area contributed by atoms with Crippen LogP contribution >= 0.6 is 0 Å². The lowest BCUT2D eigenvalue weighted by molar-refractivity contribution is 0.0943. The van der Waals surface area contributed by atoms with Gasteiger partial charge < -0.3 is 15.6 Å². The molecule has 20 heavy (non-hydrogen) atoms. The Bertz CT molecular complexity index is 572. The van der Waals surface area contributed by atoms with Crippen LogP contribution in [0.4, 0.5) is 5.69 Å². The average molecular weight is 276 g/mol. The SMILES string of the molecule is CCn1nc(C)c(N)c1C(=O)NCCCn1ccnc1. The van der Waals surface area contributed by atoms with Gasteiger partial charge in [-0.05, 0) is 20.3 Å². The van der Waals surface area contributed by atoms with E-state index in [0.717, 1.165) is 13.0 Å². The van der Waals surface area contributed by atoms with Crippen molar-refractivity contribution in [1.29, 1.82) is 0 Å². The van der Waals surface area contributed by atoms with Crippen LogP contribution in [-0.4, -0.2) is 31.8 Å². The van der Waals surface area contributed by atoms with Crippen molar-refractivity contribution >= 4 is 11.6 Å². The average Bonchev–Trinajstić information content (AvgIpc) is 3.04. The van der Waals surface area contributed by atoms with Gasteiger partial charge in [0, 0.05) is 32.0 Å². The number of nitrogens with one attached hydrogen (secondary N) is 1. The molecule has 7 heteroatoms. The van der Waals surface area contributed by atoms with Crippen molar-refractivity contribution in [3.8, 4) is 0 Å². The zero-order valence-electron chi connectivity index (χ0n) is 11.8. The second kappa shape index (κ2) is 6.23. The first kappa shape index (κ1) is 14.1. The fourth-order valence-corrected chi connectivity index (χ4v) is 2.03. The Morgan fingerprint density at radius 2 is 2.30 bits per heavy atom. The number of carbonyl (C=O) groups is 1. The van der Waals surface area contributed by atoms with E-state index < -0.39 is 0 Å². The predicted molar refractivity (Wildman–Crippen MR) is 76.2 cm³/mol. The third kappa shape index (κ3) is 2.98. The molecule has 0 aromatic carbocycles. The van der Waals surface area contributed by atoms with E-state index in [1.165, 1.54) is 0 Å². The molecule has 0 atom stereocenters. The molecule has 0 aliphatic heterocycles. The third-order valence-electron chi connectivity index (χ3n) is 3.13. The molecule has 0 fully saturated rings. The van der Waals surface area contributed by atoms with Crippen LogP contribution in [0.15, 0.2) is 18.7 Å². The van der Waals surface area contributed by atoms with Crippen LogP contribution in [0, 0.1) is 6.92 Å². The zero-order valence-corrected chi connectivity index (χ0v) is 11.8. The molecule has 108 valence electrons. The summed E-state index contributed by atoms with van der Waals surface area (Å²) in [6, 6.07) is 0. The minimum Gasteiger partial charge on any atom is -0.395 e. The van der Waals surface area contributed by atoms with E-state index in [1.54, 1.807) is 24.1 Å². The van der Waals surface area contributed by atoms with Crippen molar-refractivity contribution in [3.63, 3.8) is 0 Å². The Kier molecular flexibility index (Phi) is 4.39. The Morgan fingerprint density at radius 1 is 1.50 bits per heavy atom. The summed E-state index contributed by atoms with van der Waals surface area (Å²) in [7, 11) is 0. The molecule has 0 unspecified atom stereocenters. The normalized spacial score (nSPS) is 10.7. The van der Waals surface area contributed by atoms with Gasteiger partial charge in [-0.1, -0.05) is 0 Å². The van der Waals surface area contributed by atoms with Crippen LogP contribution in [0.25, 0.3) is 0 Å². The van der Waals surface area contributed by atoms with E-state index in [1.807, 2.05) is 17.7 Å². The van der Waals surface area contributed by atoms with E-state index in [2.05, 4.69) is 15.4 Å². The minimum absolute atomic E-state index is 0.171. The summed E-state index contributed by atoms with van der Waals surface area (Å²) in [5, 5.41) is 7.11. The van der Waals surface area contributed by atoms with Crippen molar-refractivity contribution in [2.45, 2.75) is 33.4 Å². The monoisotopic (exact) mass is 276 g/mol. The molecule has 7 nitrogen and oxygen atoms in total. The second-order valence-corrected chi connectivity index (χ2v) is 4.57. The molecule has 2 aromatic heterocycles. The topological polar surface area (TPSA) is 90.8 Å². The summed E-state index contributed by atoms with van der Waals surface area (Å²) in [5.74, 6) is -0.171. The summed E-state index contributed by atoms with van der Waals surface area (Å²) < 4.78 is 3.61. The number of aromatic nitrogens is 4. The summed E-state index contributed by atoms with van der Waals surface area (Å²) in [4.78, 5) is 16.1. The van der Waals surface area contributed by atoms with Gasteiger partial charge in [-0.15, -0.1) is 0 Å². The Morgan fingerprint density at radius 3 is 2.95 bits per heavy atom. The van der Waals surface area contributed by atoms with Crippen LogP contribution in [0.2, 0.25) is 0 Å². The van der Waals surface area contributed by atoms with Crippen LogP contribution in [-0.2, 0) is 13.1 Å². The molecule has 0 spiro atoms. The van der Waals surface area contributed by atoms with Crippen molar-refractivity contribution in [2.24, 2.45) is 0 Å². The number of nitrogens with zero attached hydrogens (tertiary/aromatic N) is 4. The van der Waals surface area contributed by atoms with Gasteiger partial charge in [0.05, 0.1) is 17.7 Å². The molecule has 0 bridgehead atoms. The number of aryl methyl sites for hydroxylation is 3. The highest BCUT2D eigenvalue weighted by atomic mass is 16.2. The maximum Gasteiger partial charge on any atom is 0.271 e. The van der Waals surface area contributed by atoms with E-state index in [9.17, 15) is 4.79 Å². The van der Waals surface area contributed by atoms with Gasteiger partial charge in [0.25, 0.3) is 5.91 Å². The molecule has 2 aromatic rings. The van der Waals surface area contributed by atoms with Crippen LogP contribution < -0.4 is 11.1 Å². The molecule has 1 amide bonds. The predicted octanol–water partition coefficient (Wildman–Crippen LogP) is 0.810. The van der Waals surface area contributed by atoms with E-state index in [-0.39, 0.29) is 5.91 Å². The zero-order chi connectivity index (χ0) is 14.5. The number of hydrogen-bond acceptors (Lipinski definition) is 4. The van der Waals surface area contributed by atoms with Crippen LogP contribution in [0.5, 0.6) is 0 Å². The number of anilines is 1. The first-order valence-electron chi connectivity index (χ1n) is 6.70. The van der Waals surface area contributed by atoms with Crippen LogP contribution in [0.1, 0.15) is 29.5 Å². The van der Waals surface area contributed by atoms with Gasteiger partial charge in [0.2, 0.25) is 0 Å². The standard InChI is InChI=1S/C13H20N6O/c1-3-19-12(11(14)10(2)17-19)13(20)16-5-4-7-18-8-6-15-9-18/h6,8-9H,3-5,7,14H2,1-2H3,(H,16,20). The number of amides is 1. The highest BCUT2D eigenvalue weighted by molar-refractivity contribution is 5.97. The van der Waals surface area contributed by atoms with Crippen molar-refractivity contribution in [2.75, 3.05) is 12.3 Å². The Hall–Kier alpha value is -2.31. The molecule has 0 saturated heterocycles. The molecule has 3 N–H and O–H groups in total. The van der Waals surface area contributed by atoms with Gasteiger partial charge in [-0.25, -0.2) is 4.98 Å². The minimum atomic E-state index is -0.171. The fourth-order valence-electron chi connectivity index (χ4n) is 2.03. The van der Waals surface area contributed by atoms with Crippen molar-refractivity contribution < 1.29 is 4.79 Å². The molecule has 2 heterocycles. The lowest BCUT2D eigenvalue weighted by Gasteiger charge is -2.08. The number of rotatable bonds is 6. The maximum atomic E-state index is 12.1. The third-order valence-corrected chi connectivity index (χ3v) is 3.13. The largest absolute Gasteiger partial charge is 0.395 e. The van der Waals surface area contributed by atoms with Crippen molar-refractivity contribution in [1.82, 2.24) is 24.6 Å². The number of carbonyl (C=O) groups excluding carboxylic acids is 1. The molecule has 2 rings (SSSR count). The number of hydrogen-bond donors (Lipinski definition) is 2. The summed E-state index contributed by atoms with van der Waals surface area (Å²) in [6.45, 7) is 5.76. The first-order chi connectivity index (χ1) is 9.63. The second-order valence-electron chi connectivity index (χ2n) is 4.57.